The van der Waals surface area contributed by atoms with Gasteiger partial charge >= 0.3 is 0 Å². The lowest BCUT2D eigenvalue weighted by atomic mass is 10.1. The van der Waals surface area contributed by atoms with E-state index in [1.807, 2.05) is 54.6 Å². The van der Waals surface area contributed by atoms with E-state index in [-0.39, 0.29) is 5.91 Å². The summed E-state index contributed by atoms with van der Waals surface area (Å²) in [4.78, 5) is 12.4. The zero-order valence-electron chi connectivity index (χ0n) is 19.1. The Bertz CT molecular complexity index is 1300. The van der Waals surface area contributed by atoms with Crippen LogP contribution in [0.4, 0.5) is 5.69 Å². The number of aromatic nitrogens is 3. The third kappa shape index (κ3) is 5.07. The number of rotatable bonds is 8. The molecule has 0 aliphatic heterocycles. The van der Waals surface area contributed by atoms with Crippen LogP contribution in [-0.2, 0) is 4.79 Å². The minimum Gasteiger partial charge on any atom is -0.497 e. The number of benzene rings is 3. The third-order valence-corrected chi connectivity index (χ3v) is 5.15. The van der Waals surface area contributed by atoms with Crippen molar-refractivity contribution >= 4 is 17.7 Å². The molecule has 0 aliphatic carbocycles. The van der Waals surface area contributed by atoms with Crippen molar-refractivity contribution in [2.24, 2.45) is 0 Å². The Balaban J connectivity index is 1.44. The van der Waals surface area contributed by atoms with Crippen LogP contribution >= 0.6 is 0 Å². The van der Waals surface area contributed by atoms with Gasteiger partial charge in [-0.05, 0) is 72.3 Å². The smallest absolute Gasteiger partial charge is 0.248 e. The van der Waals surface area contributed by atoms with Crippen molar-refractivity contribution in [2.45, 2.75) is 0 Å². The maximum absolute atomic E-state index is 12.4. The van der Waals surface area contributed by atoms with Gasteiger partial charge in [-0.1, -0.05) is 11.3 Å². The van der Waals surface area contributed by atoms with Crippen LogP contribution in [0, 0.1) is 0 Å². The van der Waals surface area contributed by atoms with E-state index >= 15 is 0 Å². The van der Waals surface area contributed by atoms with Gasteiger partial charge in [0.05, 0.1) is 38.9 Å². The minimum atomic E-state index is -0.248. The molecule has 8 heteroatoms. The molecule has 4 aromatic rings. The molecule has 0 saturated carbocycles. The van der Waals surface area contributed by atoms with Gasteiger partial charge in [0.25, 0.3) is 0 Å². The van der Waals surface area contributed by atoms with Gasteiger partial charge in [-0.25, -0.2) is 4.68 Å². The number of anilines is 1. The number of hydrogen-bond donors (Lipinski definition) is 1. The standard InChI is InChI=1S/C26H24N4O4/c1-32-22-12-6-19(7-13-22)23-17-27-29-30(23)21-10-8-20(9-11-21)28-26(31)15-5-18-4-14-24(33-2)25(16-18)34-3/h4-17H,1-3H3,(H,28,31). The van der Waals surface area contributed by atoms with E-state index in [9.17, 15) is 4.79 Å². The van der Waals surface area contributed by atoms with Gasteiger partial charge in [0.2, 0.25) is 5.91 Å². The molecule has 172 valence electrons. The van der Waals surface area contributed by atoms with E-state index in [4.69, 9.17) is 14.2 Å². The largest absolute Gasteiger partial charge is 0.497 e. The van der Waals surface area contributed by atoms with Gasteiger partial charge in [0, 0.05) is 17.3 Å². The highest BCUT2D eigenvalue weighted by atomic mass is 16.5. The topological polar surface area (TPSA) is 87.5 Å². The summed E-state index contributed by atoms with van der Waals surface area (Å²) in [6.07, 6.45) is 4.88. The van der Waals surface area contributed by atoms with Gasteiger partial charge in [0.1, 0.15) is 5.75 Å². The van der Waals surface area contributed by atoms with Crippen LogP contribution in [0.25, 0.3) is 23.0 Å². The Kier molecular flexibility index (Phi) is 6.88. The van der Waals surface area contributed by atoms with Crippen molar-refractivity contribution in [3.8, 4) is 34.2 Å². The molecule has 0 saturated heterocycles. The van der Waals surface area contributed by atoms with Crippen molar-refractivity contribution in [1.82, 2.24) is 15.0 Å². The quantitative estimate of drug-likeness (QED) is 0.390. The first-order chi connectivity index (χ1) is 16.6. The summed E-state index contributed by atoms with van der Waals surface area (Å²) in [6, 6.07) is 20.5. The van der Waals surface area contributed by atoms with E-state index in [0.717, 1.165) is 28.3 Å². The molecule has 1 heterocycles. The zero-order chi connectivity index (χ0) is 23.9. The number of nitrogens with one attached hydrogen (secondary N) is 1. The summed E-state index contributed by atoms with van der Waals surface area (Å²) >= 11 is 0. The molecule has 1 N–H and O–H groups in total. The van der Waals surface area contributed by atoms with Crippen LogP contribution in [0.1, 0.15) is 5.56 Å². The Morgan fingerprint density at radius 1 is 0.882 bits per heavy atom. The van der Waals surface area contributed by atoms with Crippen molar-refractivity contribution < 1.29 is 19.0 Å². The second kappa shape index (κ2) is 10.4. The molecule has 1 amide bonds. The SMILES string of the molecule is COc1ccc(-c2cnnn2-c2ccc(NC(=O)C=Cc3ccc(OC)c(OC)c3)cc2)cc1. The van der Waals surface area contributed by atoms with E-state index in [1.165, 1.54) is 6.08 Å². The lowest BCUT2D eigenvalue weighted by Gasteiger charge is -2.09. The van der Waals surface area contributed by atoms with Crippen molar-refractivity contribution in [3.63, 3.8) is 0 Å². The Morgan fingerprint density at radius 3 is 2.29 bits per heavy atom. The van der Waals surface area contributed by atoms with Crippen LogP contribution in [0.3, 0.4) is 0 Å². The van der Waals surface area contributed by atoms with Gasteiger partial charge in [-0.3, -0.25) is 4.79 Å². The van der Waals surface area contributed by atoms with E-state index in [2.05, 4.69) is 15.6 Å². The van der Waals surface area contributed by atoms with Crippen LogP contribution < -0.4 is 19.5 Å². The minimum absolute atomic E-state index is 0.248. The first kappa shape index (κ1) is 22.6. The van der Waals surface area contributed by atoms with Crippen LogP contribution in [0.15, 0.2) is 79.0 Å². The Morgan fingerprint density at radius 2 is 1.62 bits per heavy atom. The average molecular weight is 457 g/mol. The number of hydrogen-bond acceptors (Lipinski definition) is 6. The van der Waals surface area contributed by atoms with Gasteiger partial charge in [-0.15, -0.1) is 5.10 Å². The molecule has 4 rings (SSSR count). The molecule has 34 heavy (non-hydrogen) atoms. The van der Waals surface area contributed by atoms with E-state index < -0.39 is 0 Å². The molecular weight excluding hydrogens is 432 g/mol. The van der Waals surface area contributed by atoms with E-state index in [1.54, 1.807) is 50.4 Å². The number of carbonyl (C=O) groups is 1. The summed E-state index contributed by atoms with van der Waals surface area (Å²) in [5, 5.41) is 11.1. The molecule has 0 radical (unpaired) electrons. The van der Waals surface area contributed by atoms with E-state index in [0.29, 0.717) is 17.2 Å². The number of methoxy groups -OCH3 is 3. The molecule has 1 aromatic heterocycles. The molecule has 0 spiro atoms. The van der Waals surface area contributed by atoms with Crippen LogP contribution in [-0.4, -0.2) is 42.2 Å². The Hall–Kier alpha value is -4.59. The summed E-state index contributed by atoms with van der Waals surface area (Å²) in [7, 11) is 4.78. The summed E-state index contributed by atoms with van der Waals surface area (Å²) in [5.41, 5.74) is 4.11. The highest BCUT2D eigenvalue weighted by Gasteiger charge is 2.10. The van der Waals surface area contributed by atoms with Crippen molar-refractivity contribution in [3.05, 3.63) is 84.6 Å². The Labute approximate surface area is 197 Å². The second-order valence-electron chi connectivity index (χ2n) is 7.24. The second-order valence-corrected chi connectivity index (χ2v) is 7.24. The fourth-order valence-corrected chi connectivity index (χ4v) is 3.38. The maximum atomic E-state index is 12.4. The fraction of sp³-hybridized carbons (Fsp3) is 0.115. The van der Waals surface area contributed by atoms with Gasteiger partial charge < -0.3 is 19.5 Å². The van der Waals surface area contributed by atoms with Gasteiger partial charge in [-0.2, -0.15) is 0 Å². The molecule has 8 nitrogen and oxygen atoms in total. The molecule has 0 bridgehead atoms. The fourth-order valence-electron chi connectivity index (χ4n) is 3.38. The average Bonchev–Trinajstić information content (AvgIpc) is 3.37. The van der Waals surface area contributed by atoms with Crippen molar-refractivity contribution in [1.29, 1.82) is 0 Å². The number of nitrogens with zero attached hydrogens (tertiary/aromatic N) is 3. The molecular formula is C26H24N4O4. The molecule has 0 unspecified atom stereocenters. The highest BCUT2D eigenvalue weighted by molar-refractivity contribution is 6.02. The molecule has 0 atom stereocenters. The highest BCUT2D eigenvalue weighted by Crippen LogP contribution is 2.28. The number of amides is 1. The summed E-state index contributed by atoms with van der Waals surface area (Å²) in [5.74, 6) is 1.76. The normalized spacial score (nSPS) is 10.8. The third-order valence-electron chi connectivity index (χ3n) is 5.15. The first-order valence-electron chi connectivity index (χ1n) is 10.5. The predicted molar refractivity (Wildman–Crippen MR) is 131 cm³/mol. The lowest BCUT2D eigenvalue weighted by Crippen LogP contribution is -2.08. The molecule has 0 fully saturated rings. The predicted octanol–water partition coefficient (Wildman–Crippen LogP) is 4.61. The van der Waals surface area contributed by atoms with Crippen LogP contribution in [0.2, 0.25) is 0 Å². The summed E-state index contributed by atoms with van der Waals surface area (Å²) in [6.45, 7) is 0. The van der Waals surface area contributed by atoms with Gasteiger partial charge in [0.15, 0.2) is 11.5 Å². The molecule has 3 aromatic carbocycles. The summed E-state index contributed by atoms with van der Waals surface area (Å²) < 4.78 is 17.5. The van der Waals surface area contributed by atoms with Crippen LogP contribution in [0.5, 0.6) is 17.2 Å². The molecule has 0 aliphatic rings. The maximum Gasteiger partial charge on any atom is 0.248 e. The first-order valence-corrected chi connectivity index (χ1v) is 10.5. The lowest BCUT2D eigenvalue weighted by molar-refractivity contribution is -0.111. The number of ether oxygens (including phenoxy) is 3. The number of carbonyl (C=O) groups excluding carboxylic acids is 1. The monoisotopic (exact) mass is 456 g/mol. The zero-order valence-corrected chi connectivity index (χ0v) is 19.1. The van der Waals surface area contributed by atoms with Crippen molar-refractivity contribution in [2.75, 3.05) is 26.6 Å².